The Morgan fingerprint density at radius 2 is 2.04 bits per heavy atom. The Morgan fingerprint density at radius 1 is 1.36 bits per heavy atom. The minimum atomic E-state index is -1.26. The molecule has 1 atom stereocenters. The van der Waals surface area contributed by atoms with E-state index >= 15 is 0 Å². The minimum Gasteiger partial charge on any atom is -0.482 e. The van der Waals surface area contributed by atoms with Gasteiger partial charge in [-0.1, -0.05) is 0 Å². The van der Waals surface area contributed by atoms with Gasteiger partial charge in [0.25, 0.3) is 0 Å². The maximum atomic E-state index is 12.0. The van der Waals surface area contributed by atoms with Crippen LogP contribution >= 0.6 is 0 Å². The van der Waals surface area contributed by atoms with Gasteiger partial charge in [0.05, 0.1) is 17.0 Å². The van der Waals surface area contributed by atoms with Crippen LogP contribution in [0.1, 0.15) is 37.6 Å². The highest BCUT2D eigenvalue weighted by Gasteiger charge is 2.32. The van der Waals surface area contributed by atoms with Crippen molar-refractivity contribution < 1.29 is 29.1 Å². The van der Waals surface area contributed by atoms with Crippen LogP contribution in [0.4, 0.5) is 10.5 Å². The van der Waals surface area contributed by atoms with Crippen LogP contribution in [-0.4, -0.2) is 51.8 Å². The zero-order chi connectivity index (χ0) is 18.8. The molecule has 1 aromatic rings. The van der Waals surface area contributed by atoms with Crippen LogP contribution in [0.5, 0.6) is 5.75 Å². The van der Waals surface area contributed by atoms with Gasteiger partial charge >= 0.3 is 17.7 Å². The second-order valence-corrected chi connectivity index (χ2v) is 6.70. The lowest BCUT2D eigenvalue weighted by Crippen LogP contribution is -2.36. The standard InChI is InChI=1S/C16H20N2O7/c1-16(2,3)25-15(21)17-7-6-11(9-17)24-13-5-4-10(14(19)20)8-12(13)18(22)23/h4-5,8,11H,6-7,9H2,1-3H3,(H,19,20)/t11-/m1/s1. The van der Waals surface area contributed by atoms with Crippen molar-refractivity contribution in [2.45, 2.75) is 38.9 Å². The molecule has 0 spiro atoms. The number of hydrogen-bond donors (Lipinski definition) is 1. The van der Waals surface area contributed by atoms with Gasteiger partial charge in [-0.25, -0.2) is 9.59 Å². The average molecular weight is 352 g/mol. The predicted octanol–water partition coefficient (Wildman–Crippen LogP) is 2.68. The lowest BCUT2D eigenvalue weighted by molar-refractivity contribution is -0.386. The number of amides is 1. The monoisotopic (exact) mass is 352 g/mol. The third kappa shape index (κ3) is 4.82. The molecule has 0 aromatic heterocycles. The van der Waals surface area contributed by atoms with E-state index in [-0.39, 0.29) is 17.9 Å². The fraction of sp³-hybridized carbons (Fsp3) is 0.500. The van der Waals surface area contributed by atoms with Crippen molar-refractivity contribution in [2.75, 3.05) is 13.1 Å². The topological polar surface area (TPSA) is 119 Å². The summed E-state index contributed by atoms with van der Waals surface area (Å²) >= 11 is 0. The molecule has 0 bridgehead atoms. The summed E-state index contributed by atoms with van der Waals surface area (Å²) in [5, 5.41) is 20.1. The molecule has 1 heterocycles. The van der Waals surface area contributed by atoms with Crippen molar-refractivity contribution in [3.8, 4) is 5.75 Å². The second kappa shape index (κ2) is 6.96. The Bertz CT molecular complexity index is 696. The van der Waals surface area contributed by atoms with E-state index in [1.54, 1.807) is 20.8 Å². The maximum Gasteiger partial charge on any atom is 0.410 e. The van der Waals surface area contributed by atoms with Gasteiger partial charge in [0.15, 0.2) is 5.75 Å². The molecule has 136 valence electrons. The number of carbonyl (C=O) groups is 2. The smallest absolute Gasteiger partial charge is 0.410 e. The number of carboxylic acid groups (broad SMARTS) is 1. The third-order valence-electron chi connectivity index (χ3n) is 3.49. The van der Waals surface area contributed by atoms with E-state index < -0.39 is 34.4 Å². The summed E-state index contributed by atoms with van der Waals surface area (Å²) in [4.78, 5) is 34.9. The summed E-state index contributed by atoms with van der Waals surface area (Å²) in [6.07, 6.45) is -0.395. The van der Waals surface area contributed by atoms with E-state index in [2.05, 4.69) is 0 Å². The molecule has 0 saturated carbocycles. The van der Waals surface area contributed by atoms with Crippen LogP contribution in [-0.2, 0) is 4.74 Å². The van der Waals surface area contributed by atoms with Crippen molar-refractivity contribution in [1.82, 2.24) is 4.90 Å². The van der Waals surface area contributed by atoms with Crippen molar-refractivity contribution in [3.05, 3.63) is 33.9 Å². The molecule has 1 aliphatic heterocycles. The zero-order valence-electron chi connectivity index (χ0n) is 14.2. The molecular formula is C16H20N2O7. The van der Waals surface area contributed by atoms with Crippen molar-refractivity contribution in [2.24, 2.45) is 0 Å². The van der Waals surface area contributed by atoms with Crippen LogP contribution in [0, 0.1) is 10.1 Å². The minimum absolute atomic E-state index is 0.0222. The van der Waals surface area contributed by atoms with Crippen molar-refractivity contribution >= 4 is 17.7 Å². The maximum absolute atomic E-state index is 12.0. The number of likely N-dealkylation sites (tertiary alicyclic amines) is 1. The quantitative estimate of drug-likeness (QED) is 0.653. The van der Waals surface area contributed by atoms with E-state index in [0.29, 0.717) is 13.0 Å². The van der Waals surface area contributed by atoms with E-state index in [1.807, 2.05) is 0 Å². The molecule has 25 heavy (non-hydrogen) atoms. The van der Waals surface area contributed by atoms with Crippen LogP contribution in [0.3, 0.4) is 0 Å². The molecular weight excluding hydrogens is 332 g/mol. The van der Waals surface area contributed by atoms with Crippen molar-refractivity contribution in [1.29, 1.82) is 0 Å². The van der Waals surface area contributed by atoms with Gasteiger partial charge in [-0.05, 0) is 32.9 Å². The van der Waals surface area contributed by atoms with Crippen LogP contribution in [0.25, 0.3) is 0 Å². The number of hydrogen-bond acceptors (Lipinski definition) is 6. The number of benzene rings is 1. The Hall–Kier alpha value is -2.84. The summed E-state index contributed by atoms with van der Waals surface area (Å²) in [5.74, 6) is -1.28. The van der Waals surface area contributed by atoms with Crippen molar-refractivity contribution in [3.63, 3.8) is 0 Å². The first kappa shape index (κ1) is 18.5. The largest absolute Gasteiger partial charge is 0.482 e. The van der Waals surface area contributed by atoms with E-state index in [0.717, 1.165) is 6.07 Å². The van der Waals surface area contributed by atoms with Gasteiger partial charge in [-0.2, -0.15) is 0 Å². The number of nitro groups is 1. The number of carboxylic acids is 1. The summed E-state index contributed by atoms with van der Waals surface area (Å²) in [6.45, 7) is 5.96. The molecule has 1 fully saturated rings. The number of aromatic carboxylic acids is 1. The molecule has 9 nitrogen and oxygen atoms in total. The molecule has 0 radical (unpaired) electrons. The Labute approximate surface area is 144 Å². The van der Waals surface area contributed by atoms with Gasteiger partial charge in [0, 0.05) is 19.0 Å². The highest BCUT2D eigenvalue weighted by atomic mass is 16.6. The summed E-state index contributed by atoms with van der Waals surface area (Å²) in [7, 11) is 0. The highest BCUT2D eigenvalue weighted by Crippen LogP contribution is 2.30. The van der Waals surface area contributed by atoms with Gasteiger partial charge < -0.3 is 19.5 Å². The molecule has 1 N–H and O–H groups in total. The average Bonchev–Trinajstić information content (AvgIpc) is 2.94. The molecule has 1 aliphatic rings. The molecule has 0 aliphatic carbocycles. The van der Waals surface area contributed by atoms with Crippen LogP contribution in [0.2, 0.25) is 0 Å². The lowest BCUT2D eigenvalue weighted by Gasteiger charge is -2.24. The fourth-order valence-corrected chi connectivity index (χ4v) is 2.39. The van der Waals surface area contributed by atoms with Crippen LogP contribution < -0.4 is 4.74 Å². The number of carbonyl (C=O) groups excluding carboxylic acids is 1. The third-order valence-corrected chi connectivity index (χ3v) is 3.49. The highest BCUT2D eigenvalue weighted by molar-refractivity contribution is 5.88. The molecule has 2 rings (SSSR count). The Balaban J connectivity index is 2.07. The summed E-state index contributed by atoms with van der Waals surface area (Å²) < 4.78 is 10.9. The Kier molecular flexibility index (Phi) is 5.15. The molecule has 1 amide bonds. The lowest BCUT2D eigenvalue weighted by atomic mass is 10.2. The summed E-state index contributed by atoms with van der Waals surface area (Å²) in [6, 6.07) is 3.46. The number of nitrogens with zero attached hydrogens (tertiary/aromatic N) is 2. The predicted molar refractivity (Wildman–Crippen MR) is 86.9 cm³/mol. The first-order valence-corrected chi connectivity index (χ1v) is 7.73. The molecule has 1 aromatic carbocycles. The molecule has 1 saturated heterocycles. The number of rotatable bonds is 4. The first-order valence-electron chi connectivity index (χ1n) is 7.73. The first-order chi connectivity index (χ1) is 11.6. The van der Waals surface area contributed by atoms with Gasteiger partial charge in [0.2, 0.25) is 0 Å². The van der Waals surface area contributed by atoms with E-state index in [1.165, 1.54) is 17.0 Å². The summed E-state index contributed by atoms with van der Waals surface area (Å²) in [5.41, 5.74) is -1.22. The Morgan fingerprint density at radius 3 is 2.60 bits per heavy atom. The number of ether oxygens (including phenoxy) is 2. The van der Waals surface area contributed by atoms with E-state index in [9.17, 15) is 19.7 Å². The molecule has 0 unspecified atom stereocenters. The fourth-order valence-electron chi connectivity index (χ4n) is 2.39. The number of nitro benzene ring substituents is 1. The van der Waals surface area contributed by atoms with Crippen LogP contribution in [0.15, 0.2) is 18.2 Å². The SMILES string of the molecule is CC(C)(C)OC(=O)N1CC[C@@H](Oc2ccc(C(=O)O)cc2[N+](=O)[O-])C1. The van der Waals surface area contributed by atoms with Gasteiger partial charge in [0.1, 0.15) is 11.7 Å². The van der Waals surface area contributed by atoms with Gasteiger partial charge in [-0.15, -0.1) is 0 Å². The second-order valence-electron chi connectivity index (χ2n) is 6.70. The van der Waals surface area contributed by atoms with E-state index in [4.69, 9.17) is 14.6 Å². The van der Waals surface area contributed by atoms with Gasteiger partial charge in [-0.3, -0.25) is 10.1 Å². The molecule has 9 heteroatoms. The zero-order valence-corrected chi connectivity index (χ0v) is 14.2. The normalized spacial score (nSPS) is 17.2.